The van der Waals surface area contributed by atoms with E-state index >= 15 is 0 Å². The van der Waals surface area contributed by atoms with Crippen LogP contribution in [0.3, 0.4) is 0 Å². The summed E-state index contributed by atoms with van der Waals surface area (Å²) in [5.41, 5.74) is 8.00. The van der Waals surface area contributed by atoms with Crippen LogP contribution in [0.4, 0.5) is 4.39 Å². The van der Waals surface area contributed by atoms with Crippen LogP contribution in [0.25, 0.3) is 0 Å². The van der Waals surface area contributed by atoms with Gasteiger partial charge in [0.25, 0.3) is 0 Å². The predicted octanol–water partition coefficient (Wildman–Crippen LogP) is 3.30. The summed E-state index contributed by atoms with van der Waals surface area (Å²) in [6.07, 6.45) is 0. The number of benzene rings is 2. The van der Waals surface area contributed by atoms with E-state index in [0.717, 1.165) is 11.1 Å². The number of rotatable bonds is 4. The van der Waals surface area contributed by atoms with Gasteiger partial charge in [-0.25, -0.2) is 4.39 Å². The van der Waals surface area contributed by atoms with E-state index in [4.69, 9.17) is 15.7 Å². The highest BCUT2D eigenvalue weighted by Crippen LogP contribution is 2.25. The van der Waals surface area contributed by atoms with Crippen molar-refractivity contribution in [2.24, 2.45) is 5.73 Å². The molecule has 0 saturated heterocycles. The third-order valence-corrected chi connectivity index (χ3v) is 2.92. The molecule has 0 fully saturated rings. The summed E-state index contributed by atoms with van der Waals surface area (Å²) in [4.78, 5) is 0. The first-order chi connectivity index (χ1) is 9.60. The van der Waals surface area contributed by atoms with Crippen molar-refractivity contribution < 1.29 is 9.13 Å². The molecule has 0 bridgehead atoms. The third-order valence-electron chi connectivity index (χ3n) is 2.92. The van der Waals surface area contributed by atoms with Crippen molar-refractivity contribution in [1.29, 1.82) is 5.26 Å². The van der Waals surface area contributed by atoms with Gasteiger partial charge in [0.2, 0.25) is 0 Å². The molecule has 0 aliphatic carbocycles. The van der Waals surface area contributed by atoms with E-state index in [9.17, 15) is 4.39 Å². The minimum absolute atomic E-state index is 0.240. The van der Waals surface area contributed by atoms with Gasteiger partial charge in [0.15, 0.2) is 0 Å². The van der Waals surface area contributed by atoms with Crippen LogP contribution in [0.2, 0.25) is 0 Å². The van der Waals surface area contributed by atoms with E-state index in [1.807, 2.05) is 13.0 Å². The first kappa shape index (κ1) is 14.0. The third kappa shape index (κ3) is 3.34. The van der Waals surface area contributed by atoms with Crippen LogP contribution in [-0.4, -0.2) is 0 Å². The Kier molecular flexibility index (Phi) is 4.34. The molecule has 2 aromatic rings. The SMILES string of the molecule is CC(N)c1ccc(F)cc1OCc1cccc(C#N)c1. The fraction of sp³-hybridized carbons (Fsp3) is 0.188. The zero-order chi connectivity index (χ0) is 14.5. The summed E-state index contributed by atoms with van der Waals surface area (Å²) in [5, 5.41) is 8.84. The Labute approximate surface area is 117 Å². The molecule has 4 heteroatoms. The molecule has 0 amide bonds. The highest BCUT2D eigenvalue weighted by atomic mass is 19.1. The van der Waals surface area contributed by atoms with E-state index in [0.29, 0.717) is 11.3 Å². The number of nitriles is 1. The number of nitrogens with two attached hydrogens (primary N) is 1. The fourth-order valence-electron chi connectivity index (χ4n) is 1.90. The molecular formula is C16H15FN2O. The maximum Gasteiger partial charge on any atom is 0.127 e. The highest BCUT2D eigenvalue weighted by molar-refractivity contribution is 5.37. The Morgan fingerprint density at radius 2 is 2.10 bits per heavy atom. The van der Waals surface area contributed by atoms with E-state index in [1.54, 1.807) is 24.3 Å². The average Bonchev–Trinajstić information content (AvgIpc) is 2.45. The maximum absolute atomic E-state index is 13.3. The van der Waals surface area contributed by atoms with Crippen LogP contribution in [-0.2, 0) is 6.61 Å². The van der Waals surface area contributed by atoms with E-state index in [2.05, 4.69) is 6.07 Å². The molecule has 1 atom stereocenters. The van der Waals surface area contributed by atoms with Crippen LogP contribution >= 0.6 is 0 Å². The van der Waals surface area contributed by atoms with Crippen molar-refractivity contribution in [3.05, 3.63) is 65.0 Å². The highest BCUT2D eigenvalue weighted by Gasteiger charge is 2.09. The van der Waals surface area contributed by atoms with Gasteiger partial charge < -0.3 is 10.5 Å². The normalized spacial score (nSPS) is 11.7. The van der Waals surface area contributed by atoms with E-state index in [-0.39, 0.29) is 18.5 Å². The molecule has 2 N–H and O–H groups in total. The Morgan fingerprint density at radius 1 is 1.30 bits per heavy atom. The van der Waals surface area contributed by atoms with Crippen LogP contribution < -0.4 is 10.5 Å². The monoisotopic (exact) mass is 270 g/mol. The summed E-state index contributed by atoms with van der Waals surface area (Å²) < 4.78 is 18.9. The Balaban J connectivity index is 2.18. The van der Waals surface area contributed by atoms with Crippen molar-refractivity contribution in [1.82, 2.24) is 0 Å². The number of hydrogen-bond acceptors (Lipinski definition) is 3. The van der Waals surface area contributed by atoms with Gasteiger partial charge in [-0.3, -0.25) is 0 Å². The number of ether oxygens (including phenoxy) is 1. The van der Waals surface area contributed by atoms with Crippen molar-refractivity contribution in [3.63, 3.8) is 0 Å². The first-order valence-corrected chi connectivity index (χ1v) is 6.27. The molecule has 102 valence electrons. The molecule has 0 aliphatic rings. The van der Waals surface area contributed by atoms with Crippen LogP contribution in [0.1, 0.15) is 29.7 Å². The largest absolute Gasteiger partial charge is 0.488 e. The molecular weight excluding hydrogens is 255 g/mol. The van der Waals surface area contributed by atoms with Gasteiger partial charge in [0, 0.05) is 17.7 Å². The minimum Gasteiger partial charge on any atom is -0.488 e. The van der Waals surface area contributed by atoms with E-state index < -0.39 is 0 Å². The summed E-state index contributed by atoms with van der Waals surface area (Å²) in [7, 11) is 0. The Hall–Kier alpha value is -2.38. The lowest BCUT2D eigenvalue weighted by Gasteiger charge is -2.14. The second-order valence-electron chi connectivity index (χ2n) is 4.57. The number of hydrogen-bond donors (Lipinski definition) is 1. The molecule has 2 rings (SSSR count). The van der Waals surface area contributed by atoms with Crippen LogP contribution in [0.5, 0.6) is 5.75 Å². The number of halogens is 1. The Bertz CT molecular complexity index is 647. The zero-order valence-electron chi connectivity index (χ0n) is 11.1. The van der Waals surface area contributed by atoms with Gasteiger partial charge in [-0.1, -0.05) is 18.2 Å². The molecule has 0 aromatic heterocycles. The standard InChI is InChI=1S/C16H15FN2O/c1-11(19)15-6-5-14(17)8-16(15)20-10-13-4-2-3-12(7-13)9-18/h2-8,11H,10,19H2,1H3. The van der Waals surface area contributed by atoms with Gasteiger partial charge in [0.1, 0.15) is 18.2 Å². The summed E-state index contributed by atoms with van der Waals surface area (Å²) in [6, 6.07) is 13.2. The summed E-state index contributed by atoms with van der Waals surface area (Å²) in [5.74, 6) is 0.0672. The summed E-state index contributed by atoms with van der Waals surface area (Å²) >= 11 is 0. The lowest BCUT2D eigenvalue weighted by atomic mass is 10.1. The van der Waals surface area contributed by atoms with Gasteiger partial charge in [0.05, 0.1) is 11.6 Å². The molecule has 1 unspecified atom stereocenters. The Morgan fingerprint density at radius 3 is 2.80 bits per heavy atom. The van der Waals surface area contributed by atoms with Gasteiger partial charge in [-0.15, -0.1) is 0 Å². The second-order valence-corrected chi connectivity index (χ2v) is 4.57. The van der Waals surface area contributed by atoms with Gasteiger partial charge in [-0.05, 0) is 30.7 Å². The van der Waals surface area contributed by atoms with Crippen LogP contribution in [0, 0.1) is 17.1 Å². The molecule has 2 aromatic carbocycles. The quantitative estimate of drug-likeness (QED) is 0.927. The topological polar surface area (TPSA) is 59.0 Å². The van der Waals surface area contributed by atoms with Crippen LogP contribution in [0.15, 0.2) is 42.5 Å². The molecule has 20 heavy (non-hydrogen) atoms. The molecule has 0 spiro atoms. The first-order valence-electron chi connectivity index (χ1n) is 6.27. The molecule has 0 aliphatic heterocycles. The predicted molar refractivity (Wildman–Crippen MR) is 74.5 cm³/mol. The van der Waals surface area contributed by atoms with Crippen molar-refractivity contribution in [2.75, 3.05) is 0 Å². The fourth-order valence-corrected chi connectivity index (χ4v) is 1.90. The summed E-state index contributed by atoms with van der Waals surface area (Å²) in [6.45, 7) is 2.08. The smallest absolute Gasteiger partial charge is 0.127 e. The van der Waals surface area contributed by atoms with Gasteiger partial charge >= 0.3 is 0 Å². The van der Waals surface area contributed by atoms with E-state index in [1.165, 1.54) is 12.1 Å². The number of nitrogens with zero attached hydrogens (tertiary/aromatic N) is 1. The lowest BCUT2D eigenvalue weighted by Crippen LogP contribution is -2.08. The van der Waals surface area contributed by atoms with Gasteiger partial charge in [-0.2, -0.15) is 5.26 Å². The second kappa shape index (κ2) is 6.18. The molecule has 0 radical (unpaired) electrons. The maximum atomic E-state index is 13.3. The zero-order valence-corrected chi connectivity index (χ0v) is 11.1. The molecule has 0 saturated carbocycles. The minimum atomic E-state index is -0.366. The van der Waals surface area contributed by atoms with Crippen molar-refractivity contribution in [2.45, 2.75) is 19.6 Å². The molecule has 3 nitrogen and oxygen atoms in total. The average molecular weight is 270 g/mol. The molecule has 0 heterocycles. The van der Waals surface area contributed by atoms with Crippen molar-refractivity contribution >= 4 is 0 Å². The van der Waals surface area contributed by atoms with Crippen molar-refractivity contribution in [3.8, 4) is 11.8 Å². The lowest BCUT2D eigenvalue weighted by molar-refractivity contribution is 0.300.